The Labute approximate surface area is 132 Å². The lowest BCUT2D eigenvalue weighted by molar-refractivity contribution is 0.315. The fourth-order valence-corrected chi connectivity index (χ4v) is 3.10. The summed E-state index contributed by atoms with van der Waals surface area (Å²) in [5.41, 5.74) is 3.91. The second-order valence-corrected chi connectivity index (χ2v) is 6.79. The number of thiazole rings is 1. The Balaban J connectivity index is 1.90. The van der Waals surface area contributed by atoms with E-state index in [1.165, 1.54) is 16.8 Å². The van der Waals surface area contributed by atoms with Crippen LogP contribution in [0.15, 0.2) is 29.6 Å². The first-order chi connectivity index (χ1) is 10.1. The smallest absolute Gasteiger partial charge is 0.0897 e. The van der Waals surface area contributed by atoms with Crippen LogP contribution in [0.25, 0.3) is 0 Å². The standard InChI is InChI=1S/C17H25N3S/c1-13(9-18-3)16-7-5-15(6-8-16)10-20(4)11-17-12-21-14(2)19-17/h5-8,12-13,18H,9-11H2,1-4H3. The number of nitrogens with one attached hydrogen (secondary N) is 1. The fraction of sp³-hybridized carbons (Fsp3) is 0.471. The highest BCUT2D eigenvalue weighted by molar-refractivity contribution is 7.09. The molecule has 0 radical (unpaired) electrons. The lowest BCUT2D eigenvalue weighted by atomic mass is 10.00. The van der Waals surface area contributed by atoms with Crippen molar-refractivity contribution in [1.82, 2.24) is 15.2 Å². The molecule has 0 spiro atoms. The Morgan fingerprint density at radius 1 is 1.24 bits per heavy atom. The van der Waals surface area contributed by atoms with Gasteiger partial charge < -0.3 is 5.32 Å². The Hall–Kier alpha value is -1.23. The first-order valence-corrected chi connectivity index (χ1v) is 8.29. The third-order valence-corrected chi connectivity index (χ3v) is 4.43. The summed E-state index contributed by atoms with van der Waals surface area (Å²) >= 11 is 1.72. The molecule has 1 atom stereocenters. The van der Waals surface area contributed by atoms with E-state index in [1.807, 2.05) is 7.05 Å². The molecule has 2 rings (SSSR count). The van der Waals surface area contributed by atoms with E-state index in [0.717, 1.165) is 24.6 Å². The molecule has 0 saturated heterocycles. The van der Waals surface area contributed by atoms with Gasteiger partial charge in [0.25, 0.3) is 0 Å². The molecule has 1 unspecified atom stereocenters. The number of nitrogens with zero attached hydrogens (tertiary/aromatic N) is 2. The number of hydrogen-bond acceptors (Lipinski definition) is 4. The molecule has 2 aromatic rings. The molecule has 0 amide bonds. The van der Waals surface area contributed by atoms with E-state index in [0.29, 0.717) is 5.92 Å². The normalized spacial score (nSPS) is 12.8. The van der Waals surface area contributed by atoms with Crippen molar-refractivity contribution < 1.29 is 0 Å². The van der Waals surface area contributed by atoms with Crippen molar-refractivity contribution in [2.75, 3.05) is 20.6 Å². The van der Waals surface area contributed by atoms with E-state index in [4.69, 9.17) is 0 Å². The van der Waals surface area contributed by atoms with Crippen LogP contribution in [0.5, 0.6) is 0 Å². The van der Waals surface area contributed by atoms with Gasteiger partial charge in [-0.3, -0.25) is 4.90 Å². The van der Waals surface area contributed by atoms with Crippen LogP contribution < -0.4 is 5.32 Å². The predicted octanol–water partition coefficient (Wildman–Crippen LogP) is 3.41. The van der Waals surface area contributed by atoms with Gasteiger partial charge in [0, 0.05) is 25.0 Å². The third-order valence-electron chi connectivity index (χ3n) is 3.61. The third kappa shape index (κ3) is 4.92. The largest absolute Gasteiger partial charge is 0.319 e. The van der Waals surface area contributed by atoms with E-state index in [9.17, 15) is 0 Å². The Bertz CT molecular complexity index is 547. The van der Waals surface area contributed by atoms with Gasteiger partial charge in [-0.25, -0.2) is 4.98 Å². The molecule has 114 valence electrons. The van der Waals surface area contributed by atoms with Crippen LogP contribution in [-0.2, 0) is 13.1 Å². The minimum absolute atomic E-state index is 0.555. The zero-order valence-electron chi connectivity index (χ0n) is 13.4. The molecule has 0 bridgehead atoms. The first kappa shape index (κ1) is 16.1. The fourth-order valence-electron chi connectivity index (χ4n) is 2.50. The summed E-state index contributed by atoms with van der Waals surface area (Å²) in [4.78, 5) is 6.83. The van der Waals surface area contributed by atoms with E-state index in [1.54, 1.807) is 11.3 Å². The first-order valence-electron chi connectivity index (χ1n) is 7.41. The molecule has 0 fully saturated rings. The molecule has 1 heterocycles. The monoisotopic (exact) mass is 303 g/mol. The summed E-state index contributed by atoms with van der Waals surface area (Å²) in [7, 11) is 4.15. The maximum absolute atomic E-state index is 4.52. The van der Waals surface area contributed by atoms with Crippen LogP contribution in [0.4, 0.5) is 0 Å². The summed E-state index contributed by atoms with van der Waals surface area (Å²) < 4.78 is 0. The van der Waals surface area contributed by atoms with Gasteiger partial charge in [0.1, 0.15) is 0 Å². The molecule has 1 aromatic heterocycles. The van der Waals surface area contributed by atoms with Gasteiger partial charge in [0.15, 0.2) is 0 Å². The molecule has 21 heavy (non-hydrogen) atoms. The van der Waals surface area contributed by atoms with Crippen LogP contribution in [0.3, 0.4) is 0 Å². The molecule has 3 nitrogen and oxygen atoms in total. The van der Waals surface area contributed by atoms with Crippen molar-refractivity contribution in [3.63, 3.8) is 0 Å². The topological polar surface area (TPSA) is 28.2 Å². The van der Waals surface area contributed by atoms with E-state index >= 15 is 0 Å². The van der Waals surface area contributed by atoms with Gasteiger partial charge in [0.2, 0.25) is 0 Å². The highest BCUT2D eigenvalue weighted by Crippen LogP contribution is 2.16. The van der Waals surface area contributed by atoms with Gasteiger partial charge in [-0.15, -0.1) is 11.3 Å². The number of rotatable bonds is 7. The second-order valence-electron chi connectivity index (χ2n) is 5.73. The highest BCUT2D eigenvalue weighted by atomic mass is 32.1. The van der Waals surface area contributed by atoms with Gasteiger partial charge in [-0.1, -0.05) is 31.2 Å². The van der Waals surface area contributed by atoms with Gasteiger partial charge in [-0.2, -0.15) is 0 Å². The lowest BCUT2D eigenvalue weighted by Crippen LogP contribution is -2.18. The number of aryl methyl sites for hydroxylation is 1. The van der Waals surface area contributed by atoms with Crippen LogP contribution in [0, 0.1) is 6.92 Å². The van der Waals surface area contributed by atoms with Crippen LogP contribution in [-0.4, -0.2) is 30.5 Å². The number of hydrogen-bond donors (Lipinski definition) is 1. The zero-order chi connectivity index (χ0) is 15.2. The predicted molar refractivity (Wildman–Crippen MR) is 90.8 cm³/mol. The molecular weight excluding hydrogens is 278 g/mol. The second kappa shape index (κ2) is 7.69. The van der Waals surface area contributed by atoms with Crippen LogP contribution in [0.2, 0.25) is 0 Å². The summed E-state index contributed by atoms with van der Waals surface area (Å²) in [6.45, 7) is 7.18. The highest BCUT2D eigenvalue weighted by Gasteiger charge is 2.07. The van der Waals surface area contributed by atoms with Crippen molar-refractivity contribution in [2.45, 2.75) is 32.9 Å². The molecule has 0 saturated carbocycles. The molecule has 0 aliphatic rings. The molecule has 1 aromatic carbocycles. The maximum atomic E-state index is 4.52. The summed E-state index contributed by atoms with van der Waals surface area (Å²) in [6.07, 6.45) is 0. The van der Waals surface area contributed by atoms with Crippen molar-refractivity contribution >= 4 is 11.3 Å². The van der Waals surface area contributed by atoms with E-state index in [2.05, 4.69) is 65.7 Å². The average molecular weight is 303 g/mol. The molecule has 1 N–H and O–H groups in total. The van der Waals surface area contributed by atoms with Crippen molar-refractivity contribution in [3.05, 3.63) is 51.5 Å². The Morgan fingerprint density at radius 2 is 1.95 bits per heavy atom. The summed E-state index contributed by atoms with van der Waals surface area (Å²) in [5, 5.41) is 6.52. The van der Waals surface area contributed by atoms with E-state index < -0.39 is 0 Å². The van der Waals surface area contributed by atoms with Crippen LogP contribution >= 0.6 is 11.3 Å². The average Bonchev–Trinajstić information content (AvgIpc) is 2.85. The number of benzene rings is 1. The maximum Gasteiger partial charge on any atom is 0.0897 e. The minimum atomic E-state index is 0.555. The molecule has 0 aliphatic heterocycles. The lowest BCUT2D eigenvalue weighted by Gasteiger charge is -2.16. The molecule has 4 heteroatoms. The molecule has 0 aliphatic carbocycles. The van der Waals surface area contributed by atoms with Gasteiger partial charge in [0.05, 0.1) is 10.7 Å². The number of aromatic nitrogens is 1. The van der Waals surface area contributed by atoms with Gasteiger partial charge in [-0.05, 0) is 38.1 Å². The number of likely N-dealkylation sites (N-methyl/N-ethyl adjacent to an activating group) is 1. The van der Waals surface area contributed by atoms with Crippen molar-refractivity contribution in [1.29, 1.82) is 0 Å². The van der Waals surface area contributed by atoms with Gasteiger partial charge >= 0.3 is 0 Å². The van der Waals surface area contributed by atoms with Crippen molar-refractivity contribution in [3.8, 4) is 0 Å². The summed E-state index contributed by atoms with van der Waals surface area (Å²) in [6, 6.07) is 8.98. The minimum Gasteiger partial charge on any atom is -0.319 e. The van der Waals surface area contributed by atoms with Crippen molar-refractivity contribution in [2.24, 2.45) is 0 Å². The quantitative estimate of drug-likeness (QED) is 0.849. The SMILES string of the molecule is CNCC(C)c1ccc(CN(C)Cc2csc(C)n2)cc1. The Morgan fingerprint density at radius 3 is 2.52 bits per heavy atom. The van der Waals surface area contributed by atoms with E-state index in [-0.39, 0.29) is 0 Å². The van der Waals surface area contributed by atoms with Crippen LogP contribution in [0.1, 0.15) is 34.7 Å². The Kier molecular flexibility index (Phi) is 5.91. The zero-order valence-corrected chi connectivity index (χ0v) is 14.2. The molecular formula is C17H25N3S. The summed E-state index contributed by atoms with van der Waals surface area (Å²) in [5.74, 6) is 0.555.